The molecule has 0 bridgehead atoms. The van der Waals surface area contributed by atoms with E-state index in [2.05, 4.69) is 26.1 Å². The van der Waals surface area contributed by atoms with E-state index in [1.54, 1.807) is 18.2 Å². The van der Waals surface area contributed by atoms with Crippen molar-refractivity contribution in [1.82, 2.24) is 0 Å². The van der Waals surface area contributed by atoms with Gasteiger partial charge in [0, 0.05) is 16.4 Å². The third kappa shape index (κ3) is 3.56. The number of rotatable bonds is 2. The minimum absolute atomic E-state index is 0.0657. The van der Waals surface area contributed by atoms with Gasteiger partial charge in [0.15, 0.2) is 0 Å². The van der Waals surface area contributed by atoms with E-state index in [1.807, 2.05) is 24.3 Å². The zero-order chi connectivity index (χ0) is 15.6. The molecule has 0 aliphatic rings. The van der Waals surface area contributed by atoms with Gasteiger partial charge in [-0.2, -0.15) is 0 Å². The van der Waals surface area contributed by atoms with Crippen molar-refractivity contribution in [3.05, 3.63) is 58.6 Å². The molecule has 0 spiro atoms. The summed E-state index contributed by atoms with van der Waals surface area (Å²) in [7, 11) is 0. The molecule has 0 aromatic heterocycles. The summed E-state index contributed by atoms with van der Waals surface area (Å²) in [5, 5.41) is 3.41. The van der Waals surface area contributed by atoms with Crippen LogP contribution in [-0.4, -0.2) is 5.91 Å². The van der Waals surface area contributed by atoms with Crippen LogP contribution >= 0.6 is 11.6 Å². The van der Waals surface area contributed by atoms with E-state index in [1.165, 1.54) is 0 Å². The summed E-state index contributed by atoms with van der Waals surface area (Å²) in [5.41, 5.74) is 8.43. The standard InChI is InChI=1S/C17H19ClN2O/c1-17(2,3)13-6-4-5-7-15(13)20-16(21)12-10-11(18)8-9-14(12)19/h4-10H,19H2,1-3H3,(H,20,21). The molecule has 0 aliphatic heterocycles. The number of para-hydroxylation sites is 1. The molecule has 1 amide bonds. The molecule has 2 aromatic carbocycles. The van der Waals surface area contributed by atoms with Crippen LogP contribution in [0.25, 0.3) is 0 Å². The highest BCUT2D eigenvalue weighted by Gasteiger charge is 2.19. The Morgan fingerprint density at radius 3 is 2.48 bits per heavy atom. The number of benzene rings is 2. The van der Waals surface area contributed by atoms with Gasteiger partial charge < -0.3 is 11.1 Å². The zero-order valence-electron chi connectivity index (χ0n) is 12.4. The van der Waals surface area contributed by atoms with E-state index in [4.69, 9.17) is 17.3 Å². The van der Waals surface area contributed by atoms with Crippen molar-refractivity contribution < 1.29 is 4.79 Å². The maximum Gasteiger partial charge on any atom is 0.257 e. The molecule has 21 heavy (non-hydrogen) atoms. The van der Waals surface area contributed by atoms with Gasteiger partial charge in [-0.05, 0) is 35.2 Å². The van der Waals surface area contributed by atoms with E-state index in [9.17, 15) is 4.79 Å². The lowest BCUT2D eigenvalue weighted by molar-refractivity contribution is 0.102. The predicted octanol–water partition coefficient (Wildman–Crippen LogP) is 4.47. The number of nitrogens with one attached hydrogen (secondary N) is 1. The normalized spacial score (nSPS) is 11.2. The number of anilines is 2. The molecule has 0 fully saturated rings. The molecule has 0 radical (unpaired) electrons. The topological polar surface area (TPSA) is 55.1 Å². The fourth-order valence-corrected chi connectivity index (χ4v) is 2.33. The van der Waals surface area contributed by atoms with Crippen LogP contribution in [-0.2, 0) is 5.41 Å². The Labute approximate surface area is 130 Å². The Morgan fingerprint density at radius 2 is 1.81 bits per heavy atom. The number of nitrogens with two attached hydrogens (primary N) is 1. The van der Waals surface area contributed by atoms with Gasteiger partial charge in [0.1, 0.15) is 0 Å². The first-order chi connectivity index (χ1) is 9.79. The Morgan fingerprint density at radius 1 is 1.14 bits per heavy atom. The second kappa shape index (κ2) is 5.78. The molecular weight excluding hydrogens is 284 g/mol. The maximum atomic E-state index is 12.4. The van der Waals surface area contributed by atoms with Gasteiger partial charge in [-0.25, -0.2) is 0 Å². The second-order valence-electron chi connectivity index (χ2n) is 5.98. The summed E-state index contributed by atoms with van der Waals surface area (Å²) in [6.07, 6.45) is 0. The molecule has 0 atom stereocenters. The maximum absolute atomic E-state index is 12.4. The Balaban J connectivity index is 2.35. The molecule has 0 heterocycles. The van der Waals surface area contributed by atoms with Gasteiger partial charge in [0.05, 0.1) is 5.56 Å². The van der Waals surface area contributed by atoms with Crippen molar-refractivity contribution in [2.24, 2.45) is 0 Å². The van der Waals surface area contributed by atoms with E-state index >= 15 is 0 Å². The monoisotopic (exact) mass is 302 g/mol. The summed E-state index contributed by atoms with van der Waals surface area (Å²) >= 11 is 5.93. The van der Waals surface area contributed by atoms with Gasteiger partial charge in [-0.15, -0.1) is 0 Å². The average molecular weight is 303 g/mol. The lowest BCUT2D eigenvalue weighted by atomic mass is 9.86. The Bertz CT molecular complexity index is 675. The van der Waals surface area contributed by atoms with E-state index < -0.39 is 0 Å². The van der Waals surface area contributed by atoms with Gasteiger partial charge >= 0.3 is 0 Å². The smallest absolute Gasteiger partial charge is 0.257 e. The molecular formula is C17H19ClN2O. The van der Waals surface area contributed by atoms with Gasteiger partial charge in [0.2, 0.25) is 0 Å². The van der Waals surface area contributed by atoms with Crippen molar-refractivity contribution in [3.8, 4) is 0 Å². The number of carbonyl (C=O) groups excluding carboxylic acids is 1. The number of amides is 1. The number of hydrogen-bond acceptors (Lipinski definition) is 2. The predicted molar refractivity (Wildman–Crippen MR) is 89.0 cm³/mol. The van der Waals surface area contributed by atoms with Crippen molar-refractivity contribution >= 4 is 28.9 Å². The molecule has 0 saturated carbocycles. The summed E-state index contributed by atoms with van der Waals surface area (Å²) in [6.45, 7) is 6.31. The van der Waals surface area contributed by atoms with Crippen LogP contribution in [0, 0.1) is 0 Å². The van der Waals surface area contributed by atoms with Crippen LogP contribution in [0.1, 0.15) is 36.7 Å². The molecule has 3 N–H and O–H groups in total. The minimum atomic E-state index is -0.258. The molecule has 0 saturated heterocycles. The van der Waals surface area contributed by atoms with E-state index in [0.29, 0.717) is 16.3 Å². The van der Waals surface area contributed by atoms with Crippen LogP contribution in [0.2, 0.25) is 5.02 Å². The fraction of sp³-hybridized carbons (Fsp3) is 0.235. The Hall–Kier alpha value is -2.00. The average Bonchev–Trinajstić information content (AvgIpc) is 2.41. The highest BCUT2D eigenvalue weighted by molar-refractivity contribution is 6.31. The number of nitrogen functional groups attached to an aromatic ring is 1. The highest BCUT2D eigenvalue weighted by Crippen LogP contribution is 2.30. The van der Waals surface area contributed by atoms with Crippen molar-refractivity contribution in [1.29, 1.82) is 0 Å². The van der Waals surface area contributed by atoms with Crippen LogP contribution < -0.4 is 11.1 Å². The lowest BCUT2D eigenvalue weighted by Crippen LogP contribution is -2.19. The first kappa shape index (κ1) is 15.4. The first-order valence-corrected chi connectivity index (χ1v) is 7.13. The second-order valence-corrected chi connectivity index (χ2v) is 6.42. The molecule has 110 valence electrons. The summed E-state index contributed by atoms with van der Waals surface area (Å²) < 4.78 is 0. The minimum Gasteiger partial charge on any atom is -0.398 e. The third-order valence-corrected chi connectivity index (χ3v) is 3.48. The summed E-state index contributed by atoms with van der Waals surface area (Å²) in [4.78, 5) is 12.4. The van der Waals surface area contributed by atoms with Crippen molar-refractivity contribution in [2.45, 2.75) is 26.2 Å². The van der Waals surface area contributed by atoms with Gasteiger partial charge in [0.25, 0.3) is 5.91 Å². The first-order valence-electron chi connectivity index (χ1n) is 6.75. The van der Waals surface area contributed by atoms with Gasteiger partial charge in [-0.3, -0.25) is 4.79 Å². The largest absolute Gasteiger partial charge is 0.398 e. The zero-order valence-corrected chi connectivity index (χ0v) is 13.2. The summed E-state index contributed by atoms with van der Waals surface area (Å²) in [5.74, 6) is -0.258. The molecule has 0 unspecified atom stereocenters. The van der Waals surface area contributed by atoms with Crippen molar-refractivity contribution in [2.75, 3.05) is 11.1 Å². The highest BCUT2D eigenvalue weighted by atomic mass is 35.5. The fourth-order valence-electron chi connectivity index (χ4n) is 2.16. The number of carbonyl (C=O) groups is 1. The molecule has 2 aromatic rings. The molecule has 2 rings (SSSR count). The quantitative estimate of drug-likeness (QED) is 0.804. The number of halogens is 1. The van der Waals surface area contributed by atoms with Crippen LogP contribution in [0.3, 0.4) is 0 Å². The molecule has 0 aliphatic carbocycles. The van der Waals surface area contributed by atoms with Crippen LogP contribution in [0.5, 0.6) is 0 Å². The van der Waals surface area contributed by atoms with Crippen molar-refractivity contribution in [3.63, 3.8) is 0 Å². The third-order valence-electron chi connectivity index (χ3n) is 3.24. The molecule has 4 heteroatoms. The van der Waals surface area contributed by atoms with Crippen LogP contribution in [0.15, 0.2) is 42.5 Å². The summed E-state index contributed by atoms with van der Waals surface area (Å²) in [6, 6.07) is 12.6. The van der Waals surface area contributed by atoms with Crippen LogP contribution in [0.4, 0.5) is 11.4 Å². The number of hydrogen-bond donors (Lipinski definition) is 2. The van der Waals surface area contributed by atoms with E-state index in [-0.39, 0.29) is 11.3 Å². The Kier molecular flexibility index (Phi) is 4.24. The SMILES string of the molecule is CC(C)(C)c1ccccc1NC(=O)c1cc(Cl)ccc1N. The van der Waals surface area contributed by atoms with E-state index in [0.717, 1.165) is 11.3 Å². The lowest BCUT2D eigenvalue weighted by Gasteiger charge is -2.23. The van der Waals surface area contributed by atoms with Gasteiger partial charge in [-0.1, -0.05) is 50.6 Å². The molecule has 3 nitrogen and oxygen atoms in total.